The Labute approximate surface area is 231 Å². The number of nitrogens with zero attached hydrogens (tertiary/aromatic N) is 3. The number of aromatic nitrogens is 3. The van der Waals surface area contributed by atoms with Crippen LogP contribution >= 0.6 is 15.9 Å². The van der Waals surface area contributed by atoms with Crippen molar-refractivity contribution in [3.8, 4) is 11.3 Å². The van der Waals surface area contributed by atoms with E-state index < -0.39 is 17.4 Å². The highest BCUT2D eigenvalue weighted by atomic mass is 79.9. The van der Waals surface area contributed by atoms with E-state index in [0.29, 0.717) is 22.9 Å². The number of aromatic amines is 2. The molecule has 7 rings (SSSR count). The number of benzene rings is 1. The van der Waals surface area contributed by atoms with Crippen LogP contribution in [0.1, 0.15) is 11.7 Å². The van der Waals surface area contributed by atoms with Crippen molar-refractivity contribution in [1.29, 1.82) is 0 Å². The molecule has 0 aliphatic carbocycles. The first kappa shape index (κ1) is 23.4. The van der Waals surface area contributed by atoms with E-state index in [1.807, 2.05) is 85.0 Å². The standard InChI is InChI=1S/C30H21BrN6O2/c31-18-3-1-17(2-4-18)27-16-32-28(36-27)26-14-25-13-23-8-7-20(34-23)11-19-5-6-21(33-19)12-22-9-10-24(35-22)15-30(26,37-25)29(38)39/h1-16,26,33,37H,(H,32,36)(H,38,39). The number of aliphatic carboxylic acids is 1. The van der Waals surface area contributed by atoms with Crippen molar-refractivity contribution in [3.63, 3.8) is 0 Å². The number of hydrogen-bond acceptors (Lipinski definition) is 5. The van der Waals surface area contributed by atoms with Crippen molar-refractivity contribution in [2.75, 3.05) is 0 Å². The van der Waals surface area contributed by atoms with Gasteiger partial charge in [-0.15, -0.1) is 0 Å². The summed E-state index contributed by atoms with van der Waals surface area (Å²) < 4.78 is 0.973. The average molecular weight is 577 g/mol. The third kappa shape index (κ3) is 4.26. The smallest absolute Gasteiger partial charge is 0.334 e. The molecule has 0 radical (unpaired) electrons. The summed E-state index contributed by atoms with van der Waals surface area (Å²) in [5.41, 5.74) is 3.64. The van der Waals surface area contributed by atoms with E-state index in [4.69, 9.17) is 9.98 Å². The molecule has 4 N–H and O–H groups in total. The summed E-state index contributed by atoms with van der Waals surface area (Å²) in [5.74, 6) is -1.15. The number of carboxylic acid groups (broad SMARTS) is 1. The van der Waals surface area contributed by atoms with Crippen LogP contribution in [0.5, 0.6) is 0 Å². The zero-order valence-corrected chi connectivity index (χ0v) is 22.0. The molecule has 4 aliphatic heterocycles. The largest absolute Gasteiger partial charge is 0.479 e. The fraction of sp³-hybridized carbons (Fsp3) is 0.0667. The van der Waals surface area contributed by atoms with E-state index in [9.17, 15) is 9.90 Å². The molecule has 2 atom stereocenters. The molecule has 8 nitrogen and oxygen atoms in total. The van der Waals surface area contributed by atoms with Gasteiger partial charge in [0.1, 0.15) is 5.82 Å². The van der Waals surface area contributed by atoms with Crippen molar-refractivity contribution in [2.24, 2.45) is 9.98 Å². The third-order valence-electron chi connectivity index (χ3n) is 6.97. The number of carbonyl (C=O) groups is 1. The summed E-state index contributed by atoms with van der Waals surface area (Å²) in [5, 5.41) is 15.8. The number of fused-ring (bicyclic) bond motifs is 6. The predicted octanol–water partition coefficient (Wildman–Crippen LogP) is 3.63. The lowest BCUT2D eigenvalue weighted by Gasteiger charge is -2.28. The summed E-state index contributed by atoms with van der Waals surface area (Å²) in [7, 11) is 0. The molecule has 9 heteroatoms. The van der Waals surface area contributed by atoms with Gasteiger partial charge in [-0.1, -0.05) is 28.1 Å². The van der Waals surface area contributed by atoms with Crippen LogP contribution < -0.4 is 16.0 Å². The summed E-state index contributed by atoms with van der Waals surface area (Å²) in [6.45, 7) is 0. The zero-order chi connectivity index (χ0) is 26.6. The monoisotopic (exact) mass is 576 g/mol. The molecule has 0 saturated heterocycles. The molecular formula is C30H21BrN6O2. The maximum absolute atomic E-state index is 13.0. The van der Waals surface area contributed by atoms with E-state index >= 15 is 0 Å². The molecule has 39 heavy (non-hydrogen) atoms. The van der Waals surface area contributed by atoms with Crippen LogP contribution in [0.15, 0.2) is 117 Å². The normalized spacial score (nSPS) is 22.7. The van der Waals surface area contributed by atoms with E-state index in [0.717, 1.165) is 37.9 Å². The number of hydrogen-bond donors (Lipinski definition) is 4. The SMILES string of the molecule is O=C(O)C12C=C3C=CC(=N3)C=c3ccc([nH]3)=CC3=NC(=CC(=CC1c1ncc(-c4ccc(Br)cc4)[nH]1)N2)C=C3. The van der Waals surface area contributed by atoms with Gasteiger partial charge in [0.05, 0.1) is 40.6 Å². The minimum Gasteiger partial charge on any atom is -0.479 e. The number of aliphatic imine (C=N–C) groups is 2. The zero-order valence-electron chi connectivity index (χ0n) is 20.4. The third-order valence-corrected chi connectivity index (χ3v) is 7.50. The van der Waals surface area contributed by atoms with Crippen LogP contribution in [0.25, 0.3) is 23.4 Å². The molecule has 0 amide bonds. The first-order valence-corrected chi connectivity index (χ1v) is 13.1. The van der Waals surface area contributed by atoms with Crippen molar-refractivity contribution < 1.29 is 9.90 Å². The summed E-state index contributed by atoms with van der Waals surface area (Å²) >= 11 is 3.46. The minimum atomic E-state index is -1.53. The van der Waals surface area contributed by atoms with Gasteiger partial charge in [-0.05, 0) is 84.5 Å². The van der Waals surface area contributed by atoms with Gasteiger partial charge >= 0.3 is 5.97 Å². The Morgan fingerprint density at radius 1 is 0.872 bits per heavy atom. The highest BCUT2D eigenvalue weighted by molar-refractivity contribution is 9.10. The summed E-state index contributed by atoms with van der Waals surface area (Å²) in [4.78, 5) is 33.8. The van der Waals surface area contributed by atoms with E-state index in [2.05, 4.69) is 36.2 Å². The maximum Gasteiger partial charge on any atom is 0.334 e. The Hall–Kier alpha value is -4.76. The van der Waals surface area contributed by atoms with Gasteiger partial charge in [0.15, 0.2) is 5.54 Å². The van der Waals surface area contributed by atoms with Crippen LogP contribution in [0.4, 0.5) is 0 Å². The van der Waals surface area contributed by atoms with Crippen LogP contribution in [0.3, 0.4) is 0 Å². The number of rotatable bonds is 3. The molecule has 6 heterocycles. The van der Waals surface area contributed by atoms with E-state index in [1.165, 1.54) is 0 Å². The van der Waals surface area contributed by atoms with Crippen molar-refractivity contribution in [1.82, 2.24) is 20.3 Å². The first-order chi connectivity index (χ1) is 18.9. The summed E-state index contributed by atoms with van der Waals surface area (Å²) in [6.07, 6.45) is 18.6. The highest BCUT2D eigenvalue weighted by Crippen LogP contribution is 2.39. The number of allylic oxidation sites excluding steroid dienone is 5. The Bertz CT molecular complexity index is 1880. The molecule has 2 unspecified atom stereocenters. The number of H-pyrrole nitrogens is 2. The Morgan fingerprint density at radius 2 is 1.56 bits per heavy atom. The molecule has 0 fully saturated rings. The highest BCUT2D eigenvalue weighted by Gasteiger charge is 2.50. The topological polar surface area (TPSA) is 119 Å². The van der Waals surface area contributed by atoms with Gasteiger partial charge < -0.3 is 20.4 Å². The second-order valence-corrected chi connectivity index (χ2v) is 10.5. The van der Waals surface area contributed by atoms with Gasteiger partial charge in [0.25, 0.3) is 0 Å². The Morgan fingerprint density at radius 3 is 2.28 bits per heavy atom. The molecule has 0 saturated carbocycles. The molecular weight excluding hydrogens is 556 g/mol. The van der Waals surface area contributed by atoms with E-state index in [1.54, 1.807) is 12.3 Å². The molecule has 3 aromatic rings. The molecule has 4 aliphatic rings. The van der Waals surface area contributed by atoms with Crippen molar-refractivity contribution >= 4 is 45.5 Å². The summed E-state index contributed by atoms with van der Waals surface area (Å²) in [6, 6.07) is 11.8. The average Bonchev–Trinajstić information content (AvgIpc) is 3.73. The molecule has 190 valence electrons. The minimum absolute atomic E-state index is 0.529. The molecule has 0 spiro atoms. The Kier molecular flexibility index (Phi) is 5.34. The molecule has 2 aromatic heterocycles. The number of nitrogens with one attached hydrogen (secondary N) is 3. The number of halogens is 1. The van der Waals surface area contributed by atoms with Gasteiger partial charge in [0, 0.05) is 20.9 Å². The fourth-order valence-corrected chi connectivity index (χ4v) is 5.38. The second-order valence-electron chi connectivity index (χ2n) is 9.62. The molecule has 1 aromatic carbocycles. The lowest BCUT2D eigenvalue weighted by atomic mass is 9.84. The lowest BCUT2D eigenvalue weighted by Crippen LogP contribution is -2.50. The van der Waals surface area contributed by atoms with Crippen molar-refractivity contribution in [2.45, 2.75) is 11.5 Å². The van der Waals surface area contributed by atoms with Gasteiger partial charge in [-0.3, -0.25) is 0 Å². The molecule has 8 bridgehead atoms. The fourth-order valence-electron chi connectivity index (χ4n) is 5.11. The van der Waals surface area contributed by atoms with E-state index in [-0.39, 0.29) is 0 Å². The van der Waals surface area contributed by atoms with Crippen LogP contribution in [-0.4, -0.2) is 43.0 Å². The number of carboxylic acids is 1. The Balaban J connectivity index is 1.39. The van der Waals surface area contributed by atoms with Crippen LogP contribution in [0, 0.1) is 0 Å². The predicted molar refractivity (Wildman–Crippen MR) is 154 cm³/mol. The second kappa shape index (κ2) is 8.92. The maximum atomic E-state index is 13.0. The first-order valence-electron chi connectivity index (χ1n) is 12.3. The van der Waals surface area contributed by atoms with Crippen LogP contribution in [0.2, 0.25) is 0 Å². The lowest BCUT2D eigenvalue weighted by molar-refractivity contribution is -0.142. The van der Waals surface area contributed by atoms with Gasteiger partial charge in [0.2, 0.25) is 0 Å². The van der Waals surface area contributed by atoms with Gasteiger partial charge in [-0.2, -0.15) is 0 Å². The van der Waals surface area contributed by atoms with Crippen molar-refractivity contribution in [3.05, 3.63) is 123 Å². The van der Waals surface area contributed by atoms with Crippen LogP contribution in [-0.2, 0) is 4.79 Å². The number of imidazole rings is 1. The van der Waals surface area contributed by atoms with Gasteiger partial charge in [-0.25, -0.2) is 19.8 Å². The quantitative estimate of drug-likeness (QED) is 0.380.